The lowest BCUT2D eigenvalue weighted by molar-refractivity contribution is 0.385. The van der Waals surface area contributed by atoms with E-state index in [-0.39, 0.29) is 23.4 Å². The Morgan fingerprint density at radius 3 is 2.62 bits per heavy atom. The Morgan fingerprint density at radius 1 is 1.19 bits per heavy atom. The summed E-state index contributed by atoms with van der Waals surface area (Å²) in [5.74, 6) is 0.264. The number of methoxy groups -OCH3 is 1. The zero-order chi connectivity index (χ0) is 15.2. The van der Waals surface area contributed by atoms with E-state index in [1.54, 1.807) is 12.1 Å². The minimum Gasteiger partial charge on any atom is -0.494 e. The number of thioether (sulfide) groups is 1. The molecule has 0 amide bonds. The summed E-state index contributed by atoms with van der Waals surface area (Å²) >= 11 is 1.52. The molecule has 0 heterocycles. The van der Waals surface area contributed by atoms with Crippen molar-refractivity contribution in [1.29, 1.82) is 0 Å². The first-order valence-corrected chi connectivity index (χ1v) is 7.51. The smallest absolute Gasteiger partial charge is 0.165 e. The second-order valence-corrected chi connectivity index (χ2v) is 5.60. The molecule has 0 saturated carbocycles. The van der Waals surface area contributed by atoms with Crippen molar-refractivity contribution < 1.29 is 13.5 Å². The fraction of sp³-hybridized carbons (Fsp3) is 0.250. The zero-order valence-corrected chi connectivity index (χ0v) is 12.7. The molecule has 2 aromatic rings. The van der Waals surface area contributed by atoms with E-state index in [4.69, 9.17) is 4.74 Å². The van der Waals surface area contributed by atoms with E-state index in [1.165, 1.54) is 37.1 Å². The maximum absolute atomic E-state index is 13.8. The van der Waals surface area contributed by atoms with Crippen LogP contribution in [0.3, 0.4) is 0 Å². The molecule has 2 aromatic carbocycles. The molecule has 5 heteroatoms. The van der Waals surface area contributed by atoms with Crippen molar-refractivity contribution in [3.63, 3.8) is 0 Å². The van der Waals surface area contributed by atoms with Crippen molar-refractivity contribution in [2.45, 2.75) is 10.9 Å². The van der Waals surface area contributed by atoms with Crippen LogP contribution >= 0.6 is 11.8 Å². The Hall–Kier alpha value is -1.59. The molecule has 0 aliphatic carbocycles. The van der Waals surface area contributed by atoms with Crippen molar-refractivity contribution in [1.82, 2.24) is 5.32 Å². The lowest BCUT2D eigenvalue weighted by atomic mass is 10.1. The predicted molar refractivity (Wildman–Crippen MR) is 81.9 cm³/mol. The van der Waals surface area contributed by atoms with E-state index in [0.29, 0.717) is 5.75 Å². The highest BCUT2D eigenvalue weighted by Crippen LogP contribution is 2.27. The molecular weight excluding hydrogens is 292 g/mol. The number of hydrogen-bond donors (Lipinski definition) is 1. The van der Waals surface area contributed by atoms with Crippen LogP contribution in [0.1, 0.15) is 11.6 Å². The number of halogens is 2. The molecular formula is C16H17F2NOS. The van der Waals surface area contributed by atoms with Gasteiger partial charge in [-0.3, -0.25) is 0 Å². The van der Waals surface area contributed by atoms with Gasteiger partial charge < -0.3 is 10.1 Å². The monoisotopic (exact) mass is 309 g/mol. The van der Waals surface area contributed by atoms with Gasteiger partial charge in [0.05, 0.1) is 7.11 Å². The van der Waals surface area contributed by atoms with Gasteiger partial charge in [-0.25, -0.2) is 8.78 Å². The van der Waals surface area contributed by atoms with Crippen molar-refractivity contribution in [2.75, 3.05) is 19.9 Å². The summed E-state index contributed by atoms with van der Waals surface area (Å²) in [6.45, 7) is 0. The molecule has 0 bridgehead atoms. The van der Waals surface area contributed by atoms with E-state index in [9.17, 15) is 8.78 Å². The van der Waals surface area contributed by atoms with Crippen LogP contribution in [0, 0.1) is 11.6 Å². The predicted octanol–water partition coefficient (Wildman–Crippen LogP) is 4.03. The minimum absolute atomic E-state index is 0.0290. The summed E-state index contributed by atoms with van der Waals surface area (Å²) in [7, 11) is 3.26. The van der Waals surface area contributed by atoms with Gasteiger partial charge in [-0.05, 0) is 42.9 Å². The molecule has 1 unspecified atom stereocenters. The van der Waals surface area contributed by atoms with Gasteiger partial charge in [0.1, 0.15) is 5.82 Å². The lowest BCUT2D eigenvalue weighted by Gasteiger charge is -2.17. The SMILES string of the molecule is CNC(CSc1cccc(F)c1)c1ccc(OC)c(F)c1. The van der Waals surface area contributed by atoms with Crippen LogP contribution in [-0.4, -0.2) is 19.9 Å². The third-order valence-corrected chi connectivity index (χ3v) is 4.23. The van der Waals surface area contributed by atoms with E-state index in [0.717, 1.165) is 10.5 Å². The standard InChI is InChI=1S/C16H17F2NOS/c1-19-15(10-21-13-5-3-4-12(17)9-13)11-6-7-16(20-2)14(18)8-11/h3-9,15,19H,10H2,1-2H3. The first-order valence-electron chi connectivity index (χ1n) is 6.53. The van der Waals surface area contributed by atoms with Gasteiger partial charge in [-0.2, -0.15) is 0 Å². The second kappa shape index (κ2) is 7.43. The molecule has 0 spiro atoms. The number of benzene rings is 2. The quantitative estimate of drug-likeness (QED) is 0.814. The number of nitrogens with one attached hydrogen (secondary N) is 1. The van der Waals surface area contributed by atoms with Gasteiger partial charge in [-0.1, -0.05) is 12.1 Å². The van der Waals surface area contributed by atoms with Gasteiger partial charge in [0.2, 0.25) is 0 Å². The summed E-state index contributed by atoms with van der Waals surface area (Å²) in [5, 5.41) is 3.15. The Balaban J connectivity index is 2.07. The van der Waals surface area contributed by atoms with Crippen LogP contribution in [0.15, 0.2) is 47.4 Å². The lowest BCUT2D eigenvalue weighted by Crippen LogP contribution is -2.18. The van der Waals surface area contributed by atoms with Crippen molar-refractivity contribution in [3.05, 3.63) is 59.7 Å². The molecule has 112 valence electrons. The van der Waals surface area contributed by atoms with E-state index >= 15 is 0 Å². The van der Waals surface area contributed by atoms with Gasteiger partial charge in [0, 0.05) is 16.7 Å². The Labute approximate surface area is 127 Å². The topological polar surface area (TPSA) is 21.3 Å². The van der Waals surface area contributed by atoms with E-state index in [1.807, 2.05) is 19.2 Å². The van der Waals surface area contributed by atoms with Crippen LogP contribution in [0.5, 0.6) is 5.75 Å². The van der Waals surface area contributed by atoms with Crippen LogP contribution in [0.2, 0.25) is 0 Å². The average molecular weight is 309 g/mol. The highest BCUT2D eigenvalue weighted by Gasteiger charge is 2.13. The number of rotatable bonds is 6. The fourth-order valence-corrected chi connectivity index (χ4v) is 3.07. The van der Waals surface area contributed by atoms with Gasteiger partial charge >= 0.3 is 0 Å². The summed E-state index contributed by atoms with van der Waals surface area (Å²) in [4.78, 5) is 0.851. The number of hydrogen-bond acceptors (Lipinski definition) is 3. The Kier molecular flexibility index (Phi) is 5.59. The highest BCUT2D eigenvalue weighted by atomic mass is 32.2. The van der Waals surface area contributed by atoms with Gasteiger partial charge in [0.15, 0.2) is 11.6 Å². The summed E-state index contributed by atoms with van der Waals surface area (Å²) < 4.78 is 31.8. The molecule has 0 aromatic heterocycles. The van der Waals surface area contributed by atoms with Gasteiger partial charge in [-0.15, -0.1) is 11.8 Å². The summed E-state index contributed by atoms with van der Waals surface area (Å²) in [6, 6.07) is 11.3. The molecule has 0 aliphatic heterocycles. The van der Waals surface area contributed by atoms with Gasteiger partial charge in [0.25, 0.3) is 0 Å². The zero-order valence-electron chi connectivity index (χ0n) is 11.9. The highest BCUT2D eigenvalue weighted by molar-refractivity contribution is 7.99. The third kappa shape index (κ3) is 4.19. The molecule has 1 atom stereocenters. The van der Waals surface area contributed by atoms with E-state index in [2.05, 4.69) is 5.32 Å². The van der Waals surface area contributed by atoms with Crippen LogP contribution in [-0.2, 0) is 0 Å². The van der Waals surface area contributed by atoms with Crippen molar-refractivity contribution in [2.24, 2.45) is 0 Å². The first-order chi connectivity index (χ1) is 10.1. The maximum atomic E-state index is 13.8. The summed E-state index contributed by atoms with van der Waals surface area (Å²) in [6.07, 6.45) is 0. The fourth-order valence-electron chi connectivity index (χ4n) is 1.98. The Morgan fingerprint density at radius 2 is 2.00 bits per heavy atom. The van der Waals surface area contributed by atoms with Crippen molar-refractivity contribution in [3.8, 4) is 5.75 Å². The normalized spacial score (nSPS) is 12.2. The molecule has 0 aliphatic rings. The molecule has 1 N–H and O–H groups in total. The van der Waals surface area contributed by atoms with Crippen LogP contribution in [0.25, 0.3) is 0 Å². The molecule has 0 fully saturated rings. The largest absolute Gasteiger partial charge is 0.494 e. The van der Waals surface area contributed by atoms with Crippen LogP contribution < -0.4 is 10.1 Å². The molecule has 0 radical (unpaired) electrons. The summed E-state index contributed by atoms with van der Waals surface area (Å²) in [5.41, 5.74) is 0.833. The molecule has 2 nitrogen and oxygen atoms in total. The molecule has 2 rings (SSSR count). The first kappa shape index (κ1) is 15.8. The van der Waals surface area contributed by atoms with Crippen molar-refractivity contribution >= 4 is 11.8 Å². The minimum atomic E-state index is -0.383. The third-order valence-electron chi connectivity index (χ3n) is 3.14. The average Bonchev–Trinajstić information content (AvgIpc) is 2.48. The van der Waals surface area contributed by atoms with Crippen LogP contribution in [0.4, 0.5) is 8.78 Å². The second-order valence-electron chi connectivity index (χ2n) is 4.50. The Bertz CT molecular complexity index is 607. The van der Waals surface area contributed by atoms with E-state index < -0.39 is 0 Å². The molecule has 21 heavy (non-hydrogen) atoms. The molecule has 0 saturated heterocycles. The number of ether oxygens (including phenoxy) is 1. The maximum Gasteiger partial charge on any atom is 0.165 e.